The van der Waals surface area contributed by atoms with E-state index in [1.54, 1.807) is 7.11 Å². The number of carbonyl (C=O) groups excluding carboxylic acids is 1. The number of likely N-dealkylation sites (tertiary alicyclic amines) is 1. The Bertz CT molecular complexity index is 314. The maximum absolute atomic E-state index is 12.5. The van der Waals surface area contributed by atoms with Crippen molar-refractivity contribution in [2.75, 3.05) is 26.8 Å². The molecule has 1 rings (SSSR count). The lowest BCUT2D eigenvalue weighted by Gasteiger charge is -2.37. The van der Waals surface area contributed by atoms with Crippen LogP contribution in [0.15, 0.2) is 0 Å². The van der Waals surface area contributed by atoms with Crippen molar-refractivity contribution in [2.24, 2.45) is 17.1 Å². The number of nitrogens with zero attached hydrogens (tertiary/aromatic N) is 1. The van der Waals surface area contributed by atoms with Crippen molar-refractivity contribution in [1.29, 1.82) is 0 Å². The van der Waals surface area contributed by atoms with Crippen LogP contribution in [0.5, 0.6) is 0 Å². The van der Waals surface area contributed by atoms with Gasteiger partial charge in [0.25, 0.3) is 0 Å². The molecule has 1 amide bonds. The quantitative estimate of drug-likeness (QED) is 0.772. The highest BCUT2D eigenvalue weighted by Gasteiger charge is 2.38. The molecule has 0 aromatic rings. The van der Waals surface area contributed by atoms with Crippen LogP contribution in [-0.4, -0.2) is 42.6 Å². The number of nitrogens with two attached hydrogens (primary N) is 1. The Kier molecular flexibility index (Phi) is 5.53. The average Bonchev–Trinajstić information content (AvgIpc) is 2.38. The molecule has 1 fully saturated rings. The van der Waals surface area contributed by atoms with Crippen LogP contribution in [0.3, 0.4) is 0 Å². The molecule has 1 heterocycles. The number of hydrogen-bond acceptors (Lipinski definition) is 3. The zero-order chi connectivity index (χ0) is 13.8. The maximum atomic E-state index is 12.5. The summed E-state index contributed by atoms with van der Waals surface area (Å²) in [6, 6.07) is 0. The first kappa shape index (κ1) is 15.4. The summed E-state index contributed by atoms with van der Waals surface area (Å²) in [7, 11) is 1.72. The number of carbonyl (C=O) groups is 1. The highest BCUT2D eigenvalue weighted by molar-refractivity contribution is 7.80. The SMILES string of the molecule is CCC(C)(C(=O)N1CCC(COC)CC1)C(N)=S. The fourth-order valence-corrected chi connectivity index (χ4v) is 2.55. The minimum absolute atomic E-state index is 0.0772. The fourth-order valence-electron chi connectivity index (χ4n) is 2.32. The first-order valence-corrected chi connectivity index (χ1v) is 6.94. The van der Waals surface area contributed by atoms with Gasteiger partial charge < -0.3 is 15.4 Å². The van der Waals surface area contributed by atoms with Crippen molar-refractivity contribution in [3.63, 3.8) is 0 Å². The number of rotatable bonds is 5. The van der Waals surface area contributed by atoms with E-state index in [1.807, 2.05) is 18.7 Å². The van der Waals surface area contributed by atoms with Gasteiger partial charge in [0.2, 0.25) is 5.91 Å². The van der Waals surface area contributed by atoms with Gasteiger partial charge in [-0.15, -0.1) is 0 Å². The van der Waals surface area contributed by atoms with E-state index in [9.17, 15) is 4.79 Å². The van der Waals surface area contributed by atoms with E-state index >= 15 is 0 Å². The lowest BCUT2D eigenvalue weighted by atomic mass is 9.84. The van der Waals surface area contributed by atoms with E-state index in [0.29, 0.717) is 17.3 Å². The third-order valence-electron chi connectivity index (χ3n) is 4.03. The molecule has 18 heavy (non-hydrogen) atoms. The number of thiocarbonyl (C=S) groups is 1. The smallest absolute Gasteiger partial charge is 0.235 e. The number of amides is 1. The van der Waals surface area contributed by atoms with Gasteiger partial charge in [0.15, 0.2) is 0 Å². The topological polar surface area (TPSA) is 55.6 Å². The van der Waals surface area contributed by atoms with Gasteiger partial charge in [0.1, 0.15) is 0 Å². The summed E-state index contributed by atoms with van der Waals surface area (Å²) in [5.41, 5.74) is 5.04. The second kappa shape index (κ2) is 6.48. The van der Waals surface area contributed by atoms with Gasteiger partial charge in [-0.05, 0) is 32.1 Å². The molecule has 1 aliphatic rings. The molecule has 0 spiro atoms. The van der Waals surface area contributed by atoms with Crippen molar-refractivity contribution in [3.05, 3.63) is 0 Å². The molecule has 104 valence electrons. The Hall–Kier alpha value is -0.680. The summed E-state index contributed by atoms with van der Waals surface area (Å²) in [6.07, 6.45) is 2.65. The Morgan fingerprint density at radius 3 is 2.44 bits per heavy atom. The van der Waals surface area contributed by atoms with Gasteiger partial charge >= 0.3 is 0 Å². The summed E-state index contributed by atoms with van der Waals surface area (Å²) < 4.78 is 5.16. The van der Waals surface area contributed by atoms with Crippen molar-refractivity contribution in [3.8, 4) is 0 Å². The van der Waals surface area contributed by atoms with Crippen molar-refractivity contribution >= 4 is 23.1 Å². The van der Waals surface area contributed by atoms with Gasteiger partial charge in [0.05, 0.1) is 10.4 Å². The third-order valence-corrected chi connectivity index (χ3v) is 4.48. The molecule has 0 radical (unpaired) electrons. The number of piperidine rings is 1. The molecular formula is C13H24N2O2S. The van der Waals surface area contributed by atoms with Crippen molar-refractivity contribution in [2.45, 2.75) is 33.1 Å². The summed E-state index contributed by atoms with van der Waals surface area (Å²) in [5.74, 6) is 0.644. The first-order chi connectivity index (χ1) is 8.45. The Balaban J connectivity index is 2.62. The number of hydrogen-bond donors (Lipinski definition) is 1. The number of ether oxygens (including phenoxy) is 1. The molecule has 4 nitrogen and oxygen atoms in total. The zero-order valence-electron chi connectivity index (χ0n) is 11.6. The second-order valence-electron chi connectivity index (χ2n) is 5.24. The molecule has 0 aliphatic carbocycles. The molecule has 0 aromatic carbocycles. The van der Waals surface area contributed by atoms with Gasteiger partial charge in [-0.2, -0.15) is 0 Å². The Morgan fingerprint density at radius 2 is 2.06 bits per heavy atom. The molecule has 2 N–H and O–H groups in total. The van der Waals surface area contributed by atoms with Crippen LogP contribution in [0.1, 0.15) is 33.1 Å². The maximum Gasteiger partial charge on any atom is 0.235 e. The van der Waals surface area contributed by atoms with Gasteiger partial charge in [-0.25, -0.2) is 0 Å². The highest BCUT2D eigenvalue weighted by atomic mass is 32.1. The third kappa shape index (κ3) is 3.20. The summed E-state index contributed by atoms with van der Waals surface area (Å²) >= 11 is 5.05. The van der Waals surface area contributed by atoms with E-state index in [1.165, 1.54) is 0 Å². The van der Waals surface area contributed by atoms with Crippen LogP contribution >= 0.6 is 12.2 Å². The monoisotopic (exact) mass is 272 g/mol. The molecule has 1 aliphatic heterocycles. The molecule has 1 atom stereocenters. The minimum Gasteiger partial charge on any atom is -0.392 e. The highest BCUT2D eigenvalue weighted by Crippen LogP contribution is 2.27. The predicted molar refractivity (Wildman–Crippen MR) is 76.4 cm³/mol. The molecule has 1 saturated heterocycles. The van der Waals surface area contributed by atoms with Crippen LogP contribution in [-0.2, 0) is 9.53 Å². The van der Waals surface area contributed by atoms with Crippen molar-refractivity contribution < 1.29 is 9.53 Å². The molecule has 0 aromatic heterocycles. The van der Waals surface area contributed by atoms with E-state index in [0.717, 1.165) is 32.5 Å². The minimum atomic E-state index is -0.691. The Labute approximate surface area is 115 Å². The zero-order valence-corrected chi connectivity index (χ0v) is 12.4. The number of methoxy groups -OCH3 is 1. The predicted octanol–water partition coefficient (Wildman–Crippen LogP) is 1.57. The molecule has 5 heteroatoms. The van der Waals surface area contributed by atoms with Crippen LogP contribution in [0.4, 0.5) is 0 Å². The van der Waals surface area contributed by atoms with E-state index in [-0.39, 0.29) is 5.91 Å². The van der Waals surface area contributed by atoms with Crippen LogP contribution in [0.25, 0.3) is 0 Å². The lowest BCUT2D eigenvalue weighted by Crippen LogP contribution is -2.51. The summed E-state index contributed by atoms with van der Waals surface area (Å²) in [6.45, 7) is 6.14. The summed E-state index contributed by atoms with van der Waals surface area (Å²) in [4.78, 5) is 14.7. The molecule has 0 bridgehead atoms. The van der Waals surface area contributed by atoms with Crippen LogP contribution in [0.2, 0.25) is 0 Å². The standard InChI is InChI=1S/C13H24N2O2S/c1-4-13(2,11(14)18)12(16)15-7-5-10(6-8-15)9-17-3/h10H,4-9H2,1-3H3,(H2,14,18). The summed E-state index contributed by atoms with van der Waals surface area (Å²) in [5, 5.41) is 0. The Morgan fingerprint density at radius 1 is 1.50 bits per heavy atom. The van der Waals surface area contributed by atoms with E-state index < -0.39 is 5.41 Å². The van der Waals surface area contributed by atoms with Crippen LogP contribution < -0.4 is 5.73 Å². The van der Waals surface area contributed by atoms with Gasteiger partial charge in [-0.3, -0.25) is 4.79 Å². The second-order valence-corrected chi connectivity index (χ2v) is 5.68. The molecular weight excluding hydrogens is 248 g/mol. The molecule has 1 unspecified atom stereocenters. The average molecular weight is 272 g/mol. The molecule has 0 saturated carbocycles. The van der Waals surface area contributed by atoms with E-state index in [4.69, 9.17) is 22.7 Å². The van der Waals surface area contributed by atoms with E-state index in [2.05, 4.69) is 0 Å². The lowest BCUT2D eigenvalue weighted by molar-refractivity contribution is -0.139. The normalized spacial score (nSPS) is 20.5. The first-order valence-electron chi connectivity index (χ1n) is 6.54. The largest absolute Gasteiger partial charge is 0.392 e. The fraction of sp³-hybridized carbons (Fsp3) is 0.846. The van der Waals surface area contributed by atoms with Gasteiger partial charge in [0, 0.05) is 26.8 Å². The van der Waals surface area contributed by atoms with Crippen molar-refractivity contribution in [1.82, 2.24) is 4.90 Å². The van der Waals surface area contributed by atoms with Crippen LogP contribution in [0, 0.1) is 11.3 Å². The van der Waals surface area contributed by atoms with Gasteiger partial charge in [-0.1, -0.05) is 19.1 Å².